The lowest BCUT2D eigenvalue weighted by Gasteiger charge is -2.34. The van der Waals surface area contributed by atoms with Gasteiger partial charge in [0.25, 0.3) is 0 Å². The van der Waals surface area contributed by atoms with Gasteiger partial charge in [-0.2, -0.15) is 4.31 Å². The molecule has 29 heavy (non-hydrogen) atoms. The van der Waals surface area contributed by atoms with E-state index in [0.717, 1.165) is 24.0 Å². The van der Waals surface area contributed by atoms with Gasteiger partial charge in [-0.15, -0.1) is 0 Å². The van der Waals surface area contributed by atoms with E-state index in [0.29, 0.717) is 37.5 Å². The van der Waals surface area contributed by atoms with Crippen LogP contribution in [-0.2, 0) is 21.2 Å². The molecule has 0 aliphatic carbocycles. The molecule has 0 aromatic heterocycles. The average molecular weight is 415 g/mol. The first-order chi connectivity index (χ1) is 13.9. The summed E-state index contributed by atoms with van der Waals surface area (Å²) < 4.78 is 27.3. The molecule has 1 atom stereocenters. The summed E-state index contributed by atoms with van der Waals surface area (Å²) in [6, 6.07) is 17.2. The van der Waals surface area contributed by atoms with Gasteiger partial charge in [-0.1, -0.05) is 62.7 Å². The fraction of sp³-hybridized carbons (Fsp3) is 0.435. The van der Waals surface area contributed by atoms with E-state index in [1.807, 2.05) is 42.5 Å². The Bertz CT molecular complexity index is 903. The fourth-order valence-electron chi connectivity index (χ4n) is 3.73. The average Bonchev–Trinajstić information content (AvgIpc) is 2.75. The minimum absolute atomic E-state index is 0.0855. The van der Waals surface area contributed by atoms with Crippen LogP contribution < -0.4 is 0 Å². The van der Waals surface area contributed by atoms with E-state index in [2.05, 4.69) is 13.8 Å². The van der Waals surface area contributed by atoms with Crippen LogP contribution in [0.4, 0.5) is 0 Å². The Hall–Kier alpha value is -2.18. The standard InChI is InChI=1S/C23H30N2O3S/c1-3-7-20-10-12-22(13-11-20)29(27,28)25-16-14-24(15-17-25)23(26)18-19(2)21-8-5-4-6-9-21/h4-6,8-13,19H,3,7,14-18H2,1-2H3/t19-/m0/s1. The van der Waals surface area contributed by atoms with Crippen molar-refractivity contribution in [1.29, 1.82) is 0 Å². The van der Waals surface area contributed by atoms with Gasteiger partial charge in [0.2, 0.25) is 15.9 Å². The summed E-state index contributed by atoms with van der Waals surface area (Å²) in [6.45, 7) is 5.71. The zero-order chi connectivity index (χ0) is 20.9. The van der Waals surface area contributed by atoms with Crippen LogP contribution in [-0.4, -0.2) is 49.7 Å². The molecule has 0 N–H and O–H groups in total. The van der Waals surface area contributed by atoms with Crippen molar-refractivity contribution in [1.82, 2.24) is 9.21 Å². The van der Waals surface area contributed by atoms with Crippen molar-refractivity contribution in [3.8, 4) is 0 Å². The quantitative estimate of drug-likeness (QED) is 0.695. The maximum absolute atomic E-state index is 12.9. The third-order valence-electron chi connectivity index (χ3n) is 5.54. The Balaban J connectivity index is 1.57. The Labute approximate surface area is 174 Å². The summed E-state index contributed by atoms with van der Waals surface area (Å²) in [6.07, 6.45) is 2.42. The molecule has 1 saturated heterocycles. The molecule has 2 aromatic carbocycles. The van der Waals surface area contributed by atoms with Crippen LogP contribution in [0.5, 0.6) is 0 Å². The van der Waals surface area contributed by atoms with E-state index in [-0.39, 0.29) is 11.8 Å². The molecule has 1 aliphatic heterocycles. The molecule has 1 amide bonds. The van der Waals surface area contributed by atoms with Crippen molar-refractivity contribution in [3.05, 3.63) is 65.7 Å². The second kappa shape index (κ2) is 9.55. The minimum Gasteiger partial charge on any atom is -0.340 e. The van der Waals surface area contributed by atoms with E-state index in [9.17, 15) is 13.2 Å². The third-order valence-corrected chi connectivity index (χ3v) is 7.45. The van der Waals surface area contributed by atoms with Gasteiger partial charge in [0.15, 0.2) is 0 Å². The van der Waals surface area contributed by atoms with Gasteiger partial charge < -0.3 is 4.90 Å². The molecule has 5 nitrogen and oxygen atoms in total. The molecule has 1 aliphatic rings. The molecule has 156 valence electrons. The molecule has 1 fully saturated rings. The van der Waals surface area contributed by atoms with Crippen LogP contribution >= 0.6 is 0 Å². The first-order valence-electron chi connectivity index (χ1n) is 10.3. The lowest BCUT2D eigenvalue weighted by atomic mass is 9.97. The number of hydrogen-bond acceptors (Lipinski definition) is 3. The molecule has 0 unspecified atom stereocenters. The topological polar surface area (TPSA) is 57.7 Å². The second-order valence-corrected chi connectivity index (χ2v) is 9.63. The Morgan fingerprint density at radius 1 is 0.966 bits per heavy atom. The lowest BCUT2D eigenvalue weighted by molar-refractivity contribution is -0.132. The highest BCUT2D eigenvalue weighted by atomic mass is 32.2. The highest BCUT2D eigenvalue weighted by molar-refractivity contribution is 7.89. The fourth-order valence-corrected chi connectivity index (χ4v) is 5.16. The monoisotopic (exact) mass is 414 g/mol. The Morgan fingerprint density at radius 3 is 2.17 bits per heavy atom. The van der Waals surface area contributed by atoms with Gasteiger partial charge in [-0.05, 0) is 35.6 Å². The number of sulfonamides is 1. The maximum atomic E-state index is 12.9. The molecule has 6 heteroatoms. The van der Waals surface area contributed by atoms with Crippen LogP contribution in [0.25, 0.3) is 0 Å². The van der Waals surface area contributed by atoms with Crippen molar-refractivity contribution in [2.75, 3.05) is 26.2 Å². The van der Waals surface area contributed by atoms with Crippen molar-refractivity contribution in [2.24, 2.45) is 0 Å². The van der Waals surface area contributed by atoms with Crippen molar-refractivity contribution in [2.45, 2.75) is 43.9 Å². The summed E-state index contributed by atoms with van der Waals surface area (Å²) >= 11 is 0. The van der Waals surface area contributed by atoms with E-state index >= 15 is 0 Å². The molecular weight excluding hydrogens is 384 g/mol. The minimum atomic E-state index is -3.51. The second-order valence-electron chi connectivity index (χ2n) is 7.69. The summed E-state index contributed by atoms with van der Waals surface area (Å²) in [5.41, 5.74) is 2.29. The van der Waals surface area contributed by atoms with Gasteiger partial charge in [0.05, 0.1) is 4.90 Å². The Kier molecular flexibility index (Phi) is 7.09. The Morgan fingerprint density at radius 2 is 1.59 bits per heavy atom. The van der Waals surface area contributed by atoms with E-state index in [1.165, 1.54) is 4.31 Å². The maximum Gasteiger partial charge on any atom is 0.243 e. The molecule has 0 radical (unpaired) electrons. The molecule has 3 rings (SSSR count). The van der Waals surface area contributed by atoms with Crippen LogP contribution in [0.1, 0.15) is 43.7 Å². The molecular formula is C23H30N2O3S. The van der Waals surface area contributed by atoms with Crippen molar-refractivity contribution < 1.29 is 13.2 Å². The summed E-state index contributed by atoms with van der Waals surface area (Å²) in [5.74, 6) is 0.231. The summed E-state index contributed by atoms with van der Waals surface area (Å²) in [7, 11) is -3.51. The van der Waals surface area contributed by atoms with Gasteiger partial charge in [-0.3, -0.25) is 4.79 Å². The summed E-state index contributed by atoms with van der Waals surface area (Å²) in [4.78, 5) is 14.8. The molecule has 0 spiro atoms. The predicted molar refractivity (Wildman–Crippen MR) is 115 cm³/mol. The van der Waals surface area contributed by atoms with Crippen molar-refractivity contribution >= 4 is 15.9 Å². The lowest BCUT2D eigenvalue weighted by Crippen LogP contribution is -2.50. The number of hydrogen-bond donors (Lipinski definition) is 0. The zero-order valence-electron chi connectivity index (χ0n) is 17.3. The molecule has 0 bridgehead atoms. The van der Waals surface area contributed by atoms with E-state index in [1.54, 1.807) is 17.0 Å². The smallest absolute Gasteiger partial charge is 0.243 e. The number of amides is 1. The highest BCUT2D eigenvalue weighted by Gasteiger charge is 2.30. The van der Waals surface area contributed by atoms with Crippen LogP contribution in [0.2, 0.25) is 0 Å². The number of nitrogens with zero attached hydrogens (tertiary/aromatic N) is 2. The highest BCUT2D eigenvalue weighted by Crippen LogP contribution is 2.22. The van der Waals surface area contributed by atoms with Crippen molar-refractivity contribution in [3.63, 3.8) is 0 Å². The zero-order valence-corrected chi connectivity index (χ0v) is 18.1. The van der Waals surface area contributed by atoms with Crippen LogP contribution in [0.3, 0.4) is 0 Å². The van der Waals surface area contributed by atoms with Gasteiger partial charge in [0.1, 0.15) is 0 Å². The molecule has 1 heterocycles. The number of rotatable bonds is 7. The van der Waals surface area contributed by atoms with Crippen LogP contribution in [0.15, 0.2) is 59.5 Å². The first-order valence-corrected chi connectivity index (χ1v) is 11.8. The summed E-state index contributed by atoms with van der Waals surface area (Å²) in [5, 5.41) is 0. The predicted octanol–water partition coefficient (Wildman–Crippen LogP) is 3.67. The third kappa shape index (κ3) is 5.25. The van der Waals surface area contributed by atoms with Gasteiger partial charge in [-0.25, -0.2) is 8.42 Å². The van der Waals surface area contributed by atoms with Crippen LogP contribution in [0, 0.1) is 0 Å². The number of piperazine rings is 1. The van der Waals surface area contributed by atoms with E-state index in [4.69, 9.17) is 0 Å². The van der Waals surface area contributed by atoms with Gasteiger partial charge in [0, 0.05) is 32.6 Å². The van der Waals surface area contributed by atoms with E-state index < -0.39 is 10.0 Å². The SMILES string of the molecule is CCCc1ccc(S(=O)(=O)N2CCN(C(=O)C[C@H](C)c3ccccc3)CC2)cc1. The number of benzene rings is 2. The van der Waals surface area contributed by atoms with Gasteiger partial charge >= 0.3 is 0 Å². The molecule has 2 aromatic rings. The molecule has 0 saturated carbocycles. The number of aryl methyl sites for hydroxylation is 1. The number of carbonyl (C=O) groups excluding carboxylic acids is 1. The first kappa shape index (κ1) is 21.5. The number of carbonyl (C=O) groups is 1. The largest absolute Gasteiger partial charge is 0.340 e. The normalized spacial score (nSPS) is 16.6.